The van der Waals surface area contributed by atoms with Crippen LogP contribution < -0.4 is 0 Å². The third-order valence-corrected chi connectivity index (χ3v) is 7.39. The van der Waals surface area contributed by atoms with Crippen LogP contribution >= 0.6 is 11.8 Å². The van der Waals surface area contributed by atoms with Crippen LogP contribution in [0.15, 0.2) is 46.2 Å². The van der Waals surface area contributed by atoms with Gasteiger partial charge in [-0.25, -0.2) is 4.39 Å². The average molecular weight is 415 g/mol. The minimum Gasteiger partial charge on any atom is -0.396 e. The zero-order valence-electron chi connectivity index (χ0n) is 17.4. The minimum atomic E-state index is -0.160. The third kappa shape index (κ3) is 4.69. The summed E-state index contributed by atoms with van der Waals surface area (Å²) in [4.78, 5) is 7.36. The van der Waals surface area contributed by atoms with E-state index in [-0.39, 0.29) is 12.4 Å². The Labute approximate surface area is 177 Å². The van der Waals surface area contributed by atoms with Crippen LogP contribution in [0.5, 0.6) is 0 Å². The highest BCUT2D eigenvalue weighted by Crippen LogP contribution is 2.44. The molecule has 0 saturated carbocycles. The normalized spacial score (nSPS) is 20.4. The molecule has 2 aromatic carbocycles. The van der Waals surface area contributed by atoms with Crippen LogP contribution in [-0.2, 0) is 6.42 Å². The molecule has 29 heavy (non-hydrogen) atoms. The van der Waals surface area contributed by atoms with Crippen LogP contribution in [0.3, 0.4) is 0 Å². The molecule has 1 atom stereocenters. The molecule has 4 rings (SSSR count). The van der Waals surface area contributed by atoms with Gasteiger partial charge in [0.2, 0.25) is 0 Å². The average Bonchev–Trinajstić information content (AvgIpc) is 2.88. The molecule has 0 amide bonds. The van der Waals surface area contributed by atoms with Crippen molar-refractivity contribution in [2.24, 2.45) is 0 Å². The highest BCUT2D eigenvalue weighted by atomic mass is 32.2. The van der Waals surface area contributed by atoms with E-state index in [1.54, 1.807) is 23.9 Å². The lowest BCUT2D eigenvalue weighted by atomic mass is 9.93. The van der Waals surface area contributed by atoms with E-state index in [9.17, 15) is 4.39 Å². The van der Waals surface area contributed by atoms with Gasteiger partial charge in [0.15, 0.2) is 0 Å². The lowest BCUT2D eigenvalue weighted by Gasteiger charge is -2.39. The fourth-order valence-electron chi connectivity index (χ4n) is 4.43. The summed E-state index contributed by atoms with van der Waals surface area (Å²) >= 11 is 1.71. The smallest absolute Gasteiger partial charge is 0.124 e. The number of halogens is 1. The Morgan fingerprint density at radius 2 is 1.86 bits per heavy atom. The van der Waals surface area contributed by atoms with Crippen molar-refractivity contribution < 1.29 is 9.50 Å². The fourth-order valence-corrected chi connectivity index (χ4v) is 5.57. The molecule has 5 heteroatoms. The second-order valence-electron chi connectivity index (χ2n) is 8.48. The highest BCUT2D eigenvalue weighted by Gasteiger charge is 2.30. The first-order chi connectivity index (χ1) is 14.0. The van der Waals surface area contributed by atoms with Gasteiger partial charge in [-0.05, 0) is 53.6 Å². The summed E-state index contributed by atoms with van der Waals surface area (Å²) in [5.41, 5.74) is 4.00. The molecule has 2 aromatic rings. The van der Waals surface area contributed by atoms with Gasteiger partial charge < -0.3 is 10.0 Å². The Kier molecular flexibility index (Phi) is 6.60. The van der Waals surface area contributed by atoms with Crippen molar-refractivity contribution in [3.63, 3.8) is 0 Å². The SMILES string of the molecule is CC(C)c1ccc2c(c1)C(N1CCN(CCCO)CC1)Cc1ccc(F)cc1S2. The molecular weight excluding hydrogens is 383 g/mol. The number of piperazine rings is 1. The van der Waals surface area contributed by atoms with Gasteiger partial charge in [0.05, 0.1) is 0 Å². The summed E-state index contributed by atoms with van der Waals surface area (Å²) in [6, 6.07) is 12.4. The van der Waals surface area contributed by atoms with E-state index in [2.05, 4.69) is 41.8 Å². The Bertz CT molecular complexity index is 849. The number of fused-ring (bicyclic) bond motifs is 2. The zero-order valence-corrected chi connectivity index (χ0v) is 18.2. The van der Waals surface area contributed by atoms with E-state index >= 15 is 0 Å². The maximum absolute atomic E-state index is 13.9. The van der Waals surface area contributed by atoms with Gasteiger partial charge in [0.1, 0.15) is 5.82 Å². The Hall–Kier alpha value is -1.40. The summed E-state index contributed by atoms with van der Waals surface area (Å²) in [6.45, 7) is 9.86. The van der Waals surface area contributed by atoms with Gasteiger partial charge in [0, 0.05) is 55.2 Å². The zero-order chi connectivity index (χ0) is 20.4. The molecule has 1 saturated heterocycles. The molecule has 1 fully saturated rings. The first-order valence-electron chi connectivity index (χ1n) is 10.7. The van der Waals surface area contributed by atoms with Crippen molar-refractivity contribution in [2.45, 2.75) is 48.4 Å². The number of hydrogen-bond donors (Lipinski definition) is 1. The second kappa shape index (κ2) is 9.17. The Morgan fingerprint density at radius 3 is 2.59 bits per heavy atom. The topological polar surface area (TPSA) is 26.7 Å². The molecule has 1 unspecified atom stereocenters. The van der Waals surface area contributed by atoms with Crippen LogP contribution in [-0.4, -0.2) is 54.2 Å². The van der Waals surface area contributed by atoms with E-state index in [4.69, 9.17) is 5.11 Å². The van der Waals surface area contributed by atoms with Crippen molar-refractivity contribution in [3.8, 4) is 0 Å². The molecular formula is C24H31FN2OS. The second-order valence-corrected chi connectivity index (χ2v) is 9.56. The summed E-state index contributed by atoms with van der Waals surface area (Å²) in [7, 11) is 0. The summed E-state index contributed by atoms with van der Waals surface area (Å²) in [5, 5.41) is 9.11. The van der Waals surface area contributed by atoms with Gasteiger partial charge in [-0.1, -0.05) is 43.8 Å². The maximum atomic E-state index is 13.9. The van der Waals surface area contributed by atoms with Gasteiger partial charge in [0.25, 0.3) is 0 Å². The highest BCUT2D eigenvalue weighted by molar-refractivity contribution is 7.99. The van der Waals surface area contributed by atoms with E-state index in [0.29, 0.717) is 12.0 Å². The van der Waals surface area contributed by atoms with Gasteiger partial charge in [-0.3, -0.25) is 4.90 Å². The standard InChI is InChI=1S/C24H31FN2OS/c1-17(2)18-5-7-23-21(14-18)22(15-19-4-6-20(25)16-24(19)29-23)27-11-9-26(10-12-27)8-3-13-28/h4-7,14,16-17,22,28H,3,8-13,15H2,1-2H3. The summed E-state index contributed by atoms with van der Waals surface area (Å²) in [5.74, 6) is 0.330. The predicted molar refractivity (Wildman–Crippen MR) is 117 cm³/mol. The van der Waals surface area contributed by atoms with Crippen LogP contribution in [0.25, 0.3) is 0 Å². The van der Waals surface area contributed by atoms with E-state index < -0.39 is 0 Å². The number of aliphatic hydroxyl groups excluding tert-OH is 1. The molecule has 0 bridgehead atoms. The lowest BCUT2D eigenvalue weighted by molar-refractivity contribution is 0.0899. The first kappa shape index (κ1) is 20.9. The maximum Gasteiger partial charge on any atom is 0.124 e. The molecule has 2 aliphatic heterocycles. The van der Waals surface area contributed by atoms with Crippen molar-refractivity contribution in [1.82, 2.24) is 9.80 Å². The molecule has 2 aliphatic rings. The van der Waals surface area contributed by atoms with Crippen LogP contribution in [0.2, 0.25) is 0 Å². The Balaban J connectivity index is 1.65. The number of benzene rings is 2. The number of aliphatic hydroxyl groups is 1. The van der Waals surface area contributed by atoms with Crippen molar-refractivity contribution >= 4 is 11.8 Å². The van der Waals surface area contributed by atoms with Crippen molar-refractivity contribution in [3.05, 3.63) is 58.9 Å². The van der Waals surface area contributed by atoms with Crippen LogP contribution in [0, 0.1) is 5.82 Å². The van der Waals surface area contributed by atoms with Crippen molar-refractivity contribution in [2.75, 3.05) is 39.3 Å². The largest absolute Gasteiger partial charge is 0.396 e. The summed E-state index contributed by atoms with van der Waals surface area (Å²) < 4.78 is 13.9. The quantitative estimate of drug-likeness (QED) is 0.767. The molecule has 0 spiro atoms. The third-order valence-electron chi connectivity index (χ3n) is 6.20. The summed E-state index contributed by atoms with van der Waals surface area (Å²) in [6.07, 6.45) is 1.77. The van der Waals surface area contributed by atoms with E-state index in [1.807, 2.05) is 6.07 Å². The van der Waals surface area contributed by atoms with Crippen LogP contribution in [0.1, 0.15) is 48.9 Å². The Morgan fingerprint density at radius 1 is 1.07 bits per heavy atom. The molecule has 1 N–H and O–H groups in total. The molecule has 0 radical (unpaired) electrons. The molecule has 0 aromatic heterocycles. The van der Waals surface area contributed by atoms with Crippen molar-refractivity contribution in [1.29, 1.82) is 0 Å². The first-order valence-corrected chi connectivity index (χ1v) is 11.5. The van der Waals surface area contributed by atoms with E-state index in [1.165, 1.54) is 21.6 Å². The molecule has 3 nitrogen and oxygen atoms in total. The molecule has 2 heterocycles. The number of nitrogens with zero attached hydrogens (tertiary/aromatic N) is 2. The van der Waals surface area contributed by atoms with Crippen LogP contribution in [0.4, 0.5) is 4.39 Å². The molecule has 156 valence electrons. The number of hydrogen-bond acceptors (Lipinski definition) is 4. The minimum absolute atomic E-state index is 0.160. The fraction of sp³-hybridized carbons (Fsp3) is 0.500. The monoisotopic (exact) mass is 414 g/mol. The van der Waals surface area contributed by atoms with Gasteiger partial charge >= 0.3 is 0 Å². The number of rotatable bonds is 5. The van der Waals surface area contributed by atoms with Gasteiger partial charge in [-0.15, -0.1) is 0 Å². The molecule has 0 aliphatic carbocycles. The lowest BCUT2D eigenvalue weighted by Crippen LogP contribution is -2.48. The van der Waals surface area contributed by atoms with E-state index in [0.717, 1.165) is 50.5 Å². The van der Waals surface area contributed by atoms with Gasteiger partial charge in [-0.2, -0.15) is 0 Å². The predicted octanol–water partition coefficient (Wildman–Crippen LogP) is 4.70.